The van der Waals surface area contributed by atoms with Crippen LogP contribution < -0.4 is 0 Å². The van der Waals surface area contributed by atoms with Gasteiger partial charge in [0.15, 0.2) is 0 Å². The Labute approximate surface area is 236 Å². The van der Waals surface area contributed by atoms with Gasteiger partial charge in [0, 0.05) is 32.8 Å². The highest BCUT2D eigenvalue weighted by atomic mass is 16.5. The van der Waals surface area contributed by atoms with Gasteiger partial charge in [-0.25, -0.2) is 0 Å². The minimum Gasteiger partial charge on any atom is -0.455 e. The van der Waals surface area contributed by atoms with Gasteiger partial charge in [0.1, 0.15) is 11.2 Å². The van der Waals surface area contributed by atoms with Gasteiger partial charge in [-0.05, 0) is 64.2 Å². The van der Waals surface area contributed by atoms with E-state index in [0.29, 0.717) is 13.2 Å². The van der Waals surface area contributed by atoms with Crippen molar-refractivity contribution < 1.29 is 9.15 Å². The molecular formula is C38H25NO2. The van der Waals surface area contributed by atoms with Gasteiger partial charge in [-0.1, -0.05) is 91.0 Å². The molecule has 0 radical (unpaired) electrons. The molecule has 0 unspecified atom stereocenters. The Morgan fingerprint density at radius 1 is 0.488 bits per heavy atom. The second-order valence-corrected chi connectivity index (χ2v) is 10.9. The third kappa shape index (κ3) is 3.36. The van der Waals surface area contributed by atoms with E-state index in [1.807, 2.05) is 12.1 Å². The van der Waals surface area contributed by atoms with Crippen LogP contribution in [0, 0.1) is 0 Å². The molecule has 41 heavy (non-hydrogen) atoms. The molecule has 6 aromatic carbocycles. The number of para-hydroxylation sites is 4. The number of aromatic nitrogens is 1. The summed E-state index contributed by atoms with van der Waals surface area (Å²) in [7, 11) is 0. The van der Waals surface area contributed by atoms with E-state index in [1.165, 1.54) is 44.1 Å². The van der Waals surface area contributed by atoms with Crippen molar-refractivity contribution in [3.05, 3.63) is 139 Å². The van der Waals surface area contributed by atoms with Gasteiger partial charge < -0.3 is 13.7 Å². The van der Waals surface area contributed by atoms with Gasteiger partial charge in [0.2, 0.25) is 0 Å². The minimum absolute atomic E-state index is 0.587. The van der Waals surface area contributed by atoms with Gasteiger partial charge in [-0.3, -0.25) is 0 Å². The van der Waals surface area contributed by atoms with Crippen LogP contribution in [-0.4, -0.2) is 4.57 Å². The molecule has 1 aliphatic heterocycles. The van der Waals surface area contributed by atoms with Gasteiger partial charge in [0.05, 0.1) is 24.2 Å². The van der Waals surface area contributed by atoms with Crippen LogP contribution in [0.5, 0.6) is 0 Å². The number of nitrogens with zero attached hydrogens (tertiary/aromatic N) is 1. The first-order valence-electron chi connectivity index (χ1n) is 14.1. The predicted molar refractivity (Wildman–Crippen MR) is 167 cm³/mol. The van der Waals surface area contributed by atoms with Crippen LogP contribution in [0.25, 0.3) is 71.7 Å². The maximum atomic E-state index is 6.40. The number of ether oxygens (including phenoxy) is 1. The van der Waals surface area contributed by atoms with Crippen molar-refractivity contribution >= 4 is 43.7 Å². The van der Waals surface area contributed by atoms with Gasteiger partial charge in [-0.2, -0.15) is 0 Å². The Morgan fingerprint density at radius 3 is 1.90 bits per heavy atom. The summed E-state index contributed by atoms with van der Waals surface area (Å²) < 4.78 is 14.9. The van der Waals surface area contributed by atoms with Crippen molar-refractivity contribution in [1.29, 1.82) is 0 Å². The number of fused-ring (bicyclic) bond motifs is 9. The van der Waals surface area contributed by atoms with E-state index < -0.39 is 0 Å². The molecule has 0 spiro atoms. The molecule has 1 aliphatic rings. The number of hydrogen-bond donors (Lipinski definition) is 0. The van der Waals surface area contributed by atoms with E-state index in [0.717, 1.165) is 38.8 Å². The molecule has 3 nitrogen and oxygen atoms in total. The average molecular weight is 528 g/mol. The van der Waals surface area contributed by atoms with E-state index in [-0.39, 0.29) is 0 Å². The largest absolute Gasteiger partial charge is 0.455 e. The highest BCUT2D eigenvalue weighted by Gasteiger charge is 2.20. The number of furan rings is 1. The van der Waals surface area contributed by atoms with Crippen molar-refractivity contribution in [1.82, 2.24) is 4.57 Å². The Kier molecular flexibility index (Phi) is 4.80. The molecule has 0 bridgehead atoms. The molecule has 0 fully saturated rings. The Bertz CT molecular complexity index is 2250. The Hall–Kier alpha value is -5.12. The summed E-state index contributed by atoms with van der Waals surface area (Å²) in [6, 6.07) is 45.6. The molecule has 0 atom stereocenters. The van der Waals surface area contributed by atoms with Gasteiger partial charge >= 0.3 is 0 Å². The van der Waals surface area contributed by atoms with Crippen molar-refractivity contribution in [3.8, 4) is 27.9 Å². The van der Waals surface area contributed by atoms with E-state index in [9.17, 15) is 0 Å². The predicted octanol–water partition coefficient (Wildman–Crippen LogP) is 10.0. The molecular weight excluding hydrogens is 502 g/mol. The lowest BCUT2D eigenvalue weighted by Crippen LogP contribution is -1.97. The summed E-state index contributed by atoms with van der Waals surface area (Å²) >= 11 is 0. The quantitative estimate of drug-likeness (QED) is 0.224. The zero-order chi connectivity index (χ0) is 26.9. The SMILES string of the molecule is c1ccc2c(c1)oc1c(-c3ccc4c(c3)-c3cc(-n5c6ccccc6c6ccccc65)ccc3COC4)cccc12. The summed E-state index contributed by atoms with van der Waals surface area (Å²) in [5.74, 6) is 0. The van der Waals surface area contributed by atoms with Crippen LogP contribution >= 0.6 is 0 Å². The van der Waals surface area contributed by atoms with E-state index in [2.05, 4.69) is 120 Å². The standard InChI is InChI=1S/C38H25NO2/c1-4-13-35-29(8-1)30-9-2-5-14-36(30)39(35)27-19-18-26-23-40-22-25-17-16-24(20-33(25)34(26)21-27)28-11-7-12-32-31-10-3-6-15-37(31)41-38(28)32/h1-21H,22-23H2. The monoisotopic (exact) mass is 527 g/mol. The lowest BCUT2D eigenvalue weighted by Gasteiger charge is -2.15. The third-order valence-electron chi connectivity index (χ3n) is 8.56. The normalized spacial score (nSPS) is 13.1. The van der Waals surface area contributed by atoms with Crippen molar-refractivity contribution in [2.24, 2.45) is 0 Å². The van der Waals surface area contributed by atoms with Crippen molar-refractivity contribution in [2.75, 3.05) is 0 Å². The zero-order valence-corrected chi connectivity index (χ0v) is 22.3. The molecule has 0 saturated heterocycles. The van der Waals surface area contributed by atoms with E-state index in [4.69, 9.17) is 9.15 Å². The van der Waals surface area contributed by atoms with Crippen LogP contribution in [0.3, 0.4) is 0 Å². The minimum atomic E-state index is 0.587. The maximum Gasteiger partial charge on any atom is 0.143 e. The lowest BCUT2D eigenvalue weighted by molar-refractivity contribution is 0.110. The first-order valence-corrected chi connectivity index (χ1v) is 14.1. The summed E-state index contributed by atoms with van der Waals surface area (Å²) in [4.78, 5) is 0. The molecule has 0 aliphatic carbocycles. The van der Waals surface area contributed by atoms with Gasteiger partial charge in [-0.15, -0.1) is 0 Å². The van der Waals surface area contributed by atoms with Crippen LogP contribution in [0.15, 0.2) is 132 Å². The fraction of sp³-hybridized carbons (Fsp3) is 0.0526. The van der Waals surface area contributed by atoms with Crippen LogP contribution in [0.4, 0.5) is 0 Å². The number of benzene rings is 6. The molecule has 0 saturated carbocycles. The fourth-order valence-electron chi connectivity index (χ4n) is 6.65. The molecule has 3 heterocycles. The van der Waals surface area contributed by atoms with Crippen LogP contribution in [-0.2, 0) is 18.0 Å². The summed E-state index contributed by atoms with van der Waals surface area (Å²) in [5.41, 5.74) is 12.5. The van der Waals surface area contributed by atoms with Gasteiger partial charge in [0.25, 0.3) is 0 Å². The molecule has 9 rings (SSSR count). The summed E-state index contributed by atoms with van der Waals surface area (Å²) in [6.07, 6.45) is 0. The second-order valence-electron chi connectivity index (χ2n) is 10.9. The fourth-order valence-corrected chi connectivity index (χ4v) is 6.65. The summed E-state index contributed by atoms with van der Waals surface area (Å²) in [6.45, 7) is 1.18. The Balaban J connectivity index is 1.27. The molecule has 194 valence electrons. The smallest absolute Gasteiger partial charge is 0.143 e. The van der Waals surface area contributed by atoms with Crippen molar-refractivity contribution in [2.45, 2.75) is 13.2 Å². The summed E-state index contributed by atoms with van der Waals surface area (Å²) in [5, 5.41) is 4.82. The third-order valence-corrected chi connectivity index (χ3v) is 8.56. The first kappa shape index (κ1) is 22.7. The molecule has 3 heteroatoms. The molecule has 0 N–H and O–H groups in total. The Morgan fingerprint density at radius 2 is 1.12 bits per heavy atom. The van der Waals surface area contributed by atoms with Crippen LogP contribution in [0.1, 0.15) is 11.1 Å². The maximum absolute atomic E-state index is 6.40. The second kappa shape index (κ2) is 8.69. The van der Waals surface area contributed by atoms with E-state index in [1.54, 1.807) is 0 Å². The van der Waals surface area contributed by atoms with Crippen LogP contribution in [0.2, 0.25) is 0 Å². The van der Waals surface area contributed by atoms with E-state index >= 15 is 0 Å². The number of rotatable bonds is 2. The zero-order valence-electron chi connectivity index (χ0n) is 22.3. The number of hydrogen-bond acceptors (Lipinski definition) is 2. The average Bonchev–Trinajstić information content (AvgIpc) is 3.51. The molecule has 2 aromatic heterocycles. The highest BCUT2D eigenvalue weighted by molar-refractivity contribution is 6.10. The molecule has 0 amide bonds. The topological polar surface area (TPSA) is 27.3 Å². The first-order chi connectivity index (χ1) is 20.3. The molecule has 8 aromatic rings. The highest BCUT2D eigenvalue weighted by Crippen LogP contribution is 2.41. The van der Waals surface area contributed by atoms with Crippen molar-refractivity contribution in [3.63, 3.8) is 0 Å². The lowest BCUT2D eigenvalue weighted by atomic mass is 9.92.